The molecule has 1 aromatic rings. The molecule has 0 atom stereocenters. The molecule has 0 spiro atoms. The van der Waals surface area contributed by atoms with E-state index >= 15 is 0 Å². The molecule has 3 N–H and O–H groups in total. The Kier molecular flexibility index (Phi) is 6.89. The number of pyridine rings is 1. The number of rotatable bonds is 8. The van der Waals surface area contributed by atoms with E-state index in [1.54, 1.807) is 19.2 Å². The predicted octanol–water partition coefficient (Wildman–Crippen LogP) is 1.91. The van der Waals surface area contributed by atoms with Crippen molar-refractivity contribution >= 4 is 11.6 Å². The monoisotopic (exact) mass is 265 g/mol. The minimum absolute atomic E-state index is 0.133. The number of ether oxygens (including phenoxy) is 1. The van der Waals surface area contributed by atoms with E-state index in [0.29, 0.717) is 30.1 Å². The van der Waals surface area contributed by atoms with Gasteiger partial charge in [-0.15, -0.1) is 0 Å². The van der Waals surface area contributed by atoms with Crippen molar-refractivity contribution in [1.29, 1.82) is 0 Å². The fourth-order valence-corrected chi connectivity index (χ4v) is 1.60. The number of unbranched alkanes of at least 4 members (excludes halogenated alkanes) is 1. The molecule has 1 rings (SSSR count). The van der Waals surface area contributed by atoms with Gasteiger partial charge in [-0.25, -0.2) is 0 Å². The molecule has 0 saturated heterocycles. The first-order valence-corrected chi connectivity index (χ1v) is 6.73. The minimum Gasteiger partial charge on any atom is -0.397 e. The van der Waals surface area contributed by atoms with Gasteiger partial charge in [-0.3, -0.25) is 9.78 Å². The average Bonchev–Trinajstić information content (AvgIpc) is 2.40. The van der Waals surface area contributed by atoms with Crippen molar-refractivity contribution in [3.8, 4) is 0 Å². The van der Waals surface area contributed by atoms with Crippen LogP contribution in [0.25, 0.3) is 0 Å². The molecule has 0 fully saturated rings. The molecule has 5 nitrogen and oxygen atoms in total. The van der Waals surface area contributed by atoms with E-state index < -0.39 is 0 Å². The van der Waals surface area contributed by atoms with Crippen molar-refractivity contribution in [2.75, 3.05) is 25.5 Å². The number of anilines is 1. The molecule has 0 aliphatic carbocycles. The number of amides is 1. The van der Waals surface area contributed by atoms with E-state index in [1.807, 2.05) is 0 Å². The van der Waals surface area contributed by atoms with Crippen LogP contribution >= 0.6 is 0 Å². The van der Waals surface area contributed by atoms with E-state index in [4.69, 9.17) is 10.5 Å². The van der Waals surface area contributed by atoms with Gasteiger partial charge in [-0.2, -0.15) is 0 Å². The lowest BCUT2D eigenvalue weighted by Crippen LogP contribution is -2.26. The van der Waals surface area contributed by atoms with Crippen molar-refractivity contribution in [3.63, 3.8) is 0 Å². The molecular weight excluding hydrogens is 242 g/mol. The minimum atomic E-state index is -0.133. The van der Waals surface area contributed by atoms with Gasteiger partial charge in [0.05, 0.1) is 23.1 Å². The second-order valence-electron chi connectivity index (χ2n) is 4.48. The lowest BCUT2D eigenvalue weighted by molar-refractivity contribution is 0.0939. The largest absolute Gasteiger partial charge is 0.397 e. The first-order valence-electron chi connectivity index (χ1n) is 6.73. The van der Waals surface area contributed by atoms with Crippen LogP contribution in [0.15, 0.2) is 12.3 Å². The maximum absolute atomic E-state index is 11.9. The summed E-state index contributed by atoms with van der Waals surface area (Å²) in [4.78, 5) is 16.0. The molecule has 5 heteroatoms. The number of aryl methyl sites for hydroxylation is 1. The van der Waals surface area contributed by atoms with Gasteiger partial charge in [0.1, 0.15) is 0 Å². The molecule has 19 heavy (non-hydrogen) atoms. The molecule has 0 saturated carbocycles. The summed E-state index contributed by atoms with van der Waals surface area (Å²) in [5.41, 5.74) is 7.34. The SMILES string of the molecule is CCCCOCCCNC(=O)c1cc(N)cnc1C. The van der Waals surface area contributed by atoms with Crippen LogP contribution < -0.4 is 11.1 Å². The zero-order valence-electron chi connectivity index (χ0n) is 11.7. The van der Waals surface area contributed by atoms with E-state index in [0.717, 1.165) is 25.9 Å². The first-order chi connectivity index (χ1) is 9.15. The van der Waals surface area contributed by atoms with Crippen LogP contribution in [0.3, 0.4) is 0 Å². The van der Waals surface area contributed by atoms with Crippen LogP contribution in [0.2, 0.25) is 0 Å². The third-order valence-corrected chi connectivity index (χ3v) is 2.75. The highest BCUT2D eigenvalue weighted by atomic mass is 16.5. The summed E-state index contributed by atoms with van der Waals surface area (Å²) < 4.78 is 5.42. The molecule has 106 valence electrons. The van der Waals surface area contributed by atoms with E-state index in [1.165, 1.54) is 0 Å². The molecular formula is C14H23N3O2. The molecule has 0 bridgehead atoms. The molecule has 1 heterocycles. The lowest BCUT2D eigenvalue weighted by atomic mass is 10.2. The van der Waals surface area contributed by atoms with Gasteiger partial charge in [0.15, 0.2) is 0 Å². The van der Waals surface area contributed by atoms with Crippen LogP contribution in [-0.2, 0) is 4.74 Å². The number of nitrogen functional groups attached to an aromatic ring is 1. The Morgan fingerprint density at radius 1 is 1.42 bits per heavy atom. The Labute approximate surface area is 114 Å². The fraction of sp³-hybridized carbons (Fsp3) is 0.571. The maximum Gasteiger partial charge on any atom is 0.253 e. The molecule has 0 aliphatic heterocycles. The molecule has 0 unspecified atom stereocenters. The standard InChI is InChI=1S/C14H23N3O2/c1-3-4-7-19-8-5-6-16-14(18)13-9-12(15)10-17-11(13)2/h9-10H,3-8,15H2,1-2H3,(H,16,18). The van der Waals surface area contributed by atoms with Crippen molar-refractivity contribution in [2.45, 2.75) is 33.1 Å². The zero-order valence-corrected chi connectivity index (χ0v) is 11.7. The molecule has 0 aliphatic rings. The summed E-state index contributed by atoms with van der Waals surface area (Å²) in [6, 6.07) is 1.65. The molecule has 0 aromatic carbocycles. The quantitative estimate of drug-likeness (QED) is 0.704. The number of hydrogen-bond acceptors (Lipinski definition) is 4. The first kappa shape index (κ1) is 15.4. The van der Waals surface area contributed by atoms with Crippen LogP contribution in [0, 0.1) is 6.92 Å². The van der Waals surface area contributed by atoms with Gasteiger partial charge in [0.2, 0.25) is 0 Å². The van der Waals surface area contributed by atoms with Crippen molar-refractivity contribution in [2.24, 2.45) is 0 Å². The molecule has 0 radical (unpaired) electrons. The van der Waals surface area contributed by atoms with Crippen LogP contribution in [-0.4, -0.2) is 30.6 Å². The second kappa shape index (κ2) is 8.48. The van der Waals surface area contributed by atoms with Crippen LogP contribution in [0.4, 0.5) is 5.69 Å². The summed E-state index contributed by atoms with van der Waals surface area (Å²) in [5.74, 6) is -0.133. The Morgan fingerprint density at radius 2 is 2.16 bits per heavy atom. The Morgan fingerprint density at radius 3 is 2.89 bits per heavy atom. The summed E-state index contributed by atoms with van der Waals surface area (Å²) in [6.07, 6.45) is 4.58. The molecule has 1 amide bonds. The molecule has 1 aromatic heterocycles. The highest BCUT2D eigenvalue weighted by molar-refractivity contribution is 5.95. The number of aromatic nitrogens is 1. The fourth-order valence-electron chi connectivity index (χ4n) is 1.60. The number of carbonyl (C=O) groups is 1. The average molecular weight is 265 g/mol. The Balaban J connectivity index is 2.26. The summed E-state index contributed by atoms with van der Waals surface area (Å²) in [7, 11) is 0. The van der Waals surface area contributed by atoms with Crippen molar-refractivity contribution < 1.29 is 9.53 Å². The normalized spacial score (nSPS) is 10.4. The topological polar surface area (TPSA) is 77.2 Å². The summed E-state index contributed by atoms with van der Waals surface area (Å²) >= 11 is 0. The van der Waals surface area contributed by atoms with E-state index in [2.05, 4.69) is 17.2 Å². The Hall–Kier alpha value is -1.62. The van der Waals surface area contributed by atoms with Crippen LogP contribution in [0.1, 0.15) is 42.2 Å². The number of nitrogens with two attached hydrogens (primary N) is 1. The highest BCUT2D eigenvalue weighted by Gasteiger charge is 2.09. The van der Waals surface area contributed by atoms with Gasteiger partial charge in [0, 0.05) is 19.8 Å². The lowest BCUT2D eigenvalue weighted by Gasteiger charge is -2.08. The number of carbonyl (C=O) groups excluding carboxylic acids is 1. The second-order valence-corrected chi connectivity index (χ2v) is 4.48. The van der Waals surface area contributed by atoms with Gasteiger partial charge in [-0.1, -0.05) is 13.3 Å². The van der Waals surface area contributed by atoms with Gasteiger partial charge < -0.3 is 15.8 Å². The van der Waals surface area contributed by atoms with Crippen molar-refractivity contribution in [3.05, 3.63) is 23.5 Å². The van der Waals surface area contributed by atoms with Gasteiger partial charge in [-0.05, 0) is 25.8 Å². The highest BCUT2D eigenvalue weighted by Crippen LogP contribution is 2.09. The predicted molar refractivity (Wildman–Crippen MR) is 76.1 cm³/mol. The third kappa shape index (κ3) is 5.70. The maximum atomic E-state index is 11.9. The van der Waals surface area contributed by atoms with E-state index in [-0.39, 0.29) is 5.91 Å². The Bertz CT molecular complexity index is 408. The summed E-state index contributed by atoms with van der Waals surface area (Å²) in [5, 5.41) is 2.84. The van der Waals surface area contributed by atoms with Crippen molar-refractivity contribution in [1.82, 2.24) is 10.3 Å². The zero-order chi connectivity index (χ0) is 14.1. The summed E-state index contributed by atoms with van der Waals surface area (Å²) in [6.45, 7) is 5.99. The number of hydrogen-bond donors (Lipinski definition) is 2. The van der Waals surface area contributed by atoms with Gasteiger partial charge >= 0.3 is 0 Å². The van der Waals surface area contributed by atoms with E-state index in [9.17, 15) is 4.79 Å². The van der Waals surface area contributed by atoms with Crippen LogP contribution in [0.5, 0.6) is 0 Å². The van der Waals surface area contributed by atoms with Gasteiger partial charge in [0.25, 0.3) is 5.91 Å². The smallest absolute Gasteiger partial charge is 0.253 e. The third-order valence-electron chi connectivity index (χ3n) is 2.75. The number of nitrogens with zero attached hydrogens (tertiary/aromatic N) is 1. The number of nitrogens with one attached hydrogen (secondary N) is 1.